The molecule has 3 aliphatic rings. The lowest BCUT2D eigenvalue weighted by Gasteiger charge is -2.52. The normalized spacial score (nSPS) is 36.8. The Morgan fingerprint density at radius 3 is 2.46 bits per heavy atom. The summed E-state index contributed by atoms with van der Waals surface area (Å²) in [6, 6.07) is 0. The summed E-state index contributed by atoms with van der Waals surface area (Å²) >= 11 is 0. The molecule has 2 aliphatic carbocycles. The highest BCUT2D eigenvalue weighted by Gasteiger charge is 2.54. The molecule has 0 aromatic carbocycles. The Balaban J connectivity index is 1.91. The van der Waals surface area contributed by atoms with Crippen molar-refractivity contribution in [3.63, 3.8) is 0 Å². The molecular formula is C23H42O4Si. The molecule has 1 aliphatic heterocycles. The monoisotopic (exact) mass is 410 g/mol. The van der Waals surface area contributed by atoms with Crippen molar-refractivity contribution in [3.8, 4) is 0 Å². The van der Waals surface area contributed by atoms with E-state index in [1.165, 1.54) is 12.8 Å². The zero-order chi connectivity index (χ0) is 20.8. The molecule has 0 aromatic rings. The van der Waals surface area contributed by atoms with Crippen LogP contribution in [0.15, 0.2) is 0 Å². The van der Waals surface area contributed by atoms with E-state index in [-0.39, 0.29) is 22.7 Å². The Labute approximate surface area is 173 Å². The molecule has 0 spiro atoms. The molecule has 28 heavy (non-hydrogen) atoms. The van der Waals surface area contributed by atoms with Gasteiger partial charge >= 0.3 is 0 Å². The molecule has 0 radical (unpaired) electrons. The predicted molar refractivity (Wildman–Crippen MR) is 115 cm³/mol. The van der Waals surface area contributed by atoms with Gasteiger partial charge in [-0.2, -0.15) is 0 Å². The molecule has 5 heteroatoms. The number of rotatable bonds is 4. The first-order chi connectivity index (χ1) is 12.8. The van der Waals surface area contributed by atoms with Crippen LogP contribution in [-0.4, -0.2) is 38.7 Å². The van der Waals surface area contributed by atoms with Gasteiger partial charge in [0.05, 0.1) is 18.8 Å². The first-order valence-corrected chi connectivity index (χ1v) is 14.3. The van der Waals surface area contributed by atoms with Crippen LogP contribution in [0.3, 0.4) is 0 Å². The highest BCUT2D eigenvalue weighted by molar-refractivity contribution is 6.74. The molecule has 2 saturated carbocycles. The van der Waals surface area contributed by atoms with Crippen LogP contribution in [-0.2, 0) is 18.7 Å². The molecule has 1 heterocycles. The maximum absolute atomic E-state index is 12.4. The van der Waals surface area contributed by atoms with Crippen molar-refractivity contribution in [2.45, 2.75) is 122 Å². The van der Waals surface area contributed by atoms with Gasteiger partial charge in [-0.1, -0.05) is 33.6 Å². The second-order valence-corrected chi connectivity index (χ2v) is 16.2. The van der Waals surface area contributed by atoms with Gasteiger partial charge < -0.3 is 13.9 Å². The van der Waals surface area contributed by atoms with Crippen LogP contribution < -0.4 is 0 Å². The van der Waals surface area contributed by atoms with Gasteiger partial charge in [0.2, 0.25) is 0 Å². The van der Waals surface area contributed by atoms with E-state index in [1.807, 2.05) is 13.8 Å². The van der Waals surface area contributed by atoms with Gasteiger partial charge in [0, 0.05) is 18.3 Å². The first-order valence-electron chi connectivity index (χ1n) is 11.4. The first kappa shape index (κ1) is 22.5. The van der Waals surface area contributed by atoms with Crippen molar-refractivity contribution in [1.29, 1.82) is 0 Å². The van der Waals surface area contributed by atoms with E-state index in [1.54, 1.807) is 0 Å². The summed E-state index contributed by atoms with van der Waals surface area (Å²) in [6.07, 6.45) is 8.39. The molecule has 3 fully saturated rings. The minimum absolute atomic E-state index is 0.0500. The zero-order valence-corrected chi connectivity index (χ0v) is 20.2. The molecule has 1 saturated heterocycles. The van der Waals surface area contributed by atoms with Gasteiger partial charge in [-0.25, -0.2) is 0 Å². The lowest BCUT2D eigenvalue weighted by molar-refractivity contribution is -0.152. The molecule has 0 amide bonds. The van der Waals surface area contributed by atoms with Crippen molar-refractivity contribution >= 4 is 14.1 Å². The SMILES string of the molecule is CC1(C)OC[C@H](C[C@]23CCC(=O)C[C@@H]2CCCC[C@@H]3O[Si](C)(C)C(C)(C)C)O1. The third-order valence-corrected chi connectivity index (χ3v) is 12.5. The number of ketones is 1. The third-order valence-electron chi connectivity index (χ3n) is 7.98. The van der Waals surface area contributed by atoms with Crippen LogP contribution in [0, 0.1) is 11.3 Å². The molecule has 3 rings (SSSR count). The highest BCUT2D eigenvalue weighted by Crippen LogP contribution is 2.55. The molecule has 4 atom stereocenters. The average Bonchev–Trinajstić information content (AvgIpc) is 2.80. The molecule has 0 unspecified atom stereocenters. The quantitative estimate of drug-likeness (QED) is 0.545. The van der Waals surface area contributed by atoms with Gasteiger partial charge in [-0.3, -0.25) is 4.79 Å². The number of carbonyl (C=O) groups is 1. The lowest BCUT2D eigenvalue weighted by atomic mass is 9.59. The molecule has 162 valence electrons. The van der Waals surface area contributed by atoms with E-state index < -0.39 is 14.1 Å². The summed E-state index contributed by atoms with van der Waals surface area (Å²) in [5.41, 5.74) is 0.0500. The topological polar surface area (TPSA) is 44.8 Å². The highest BCUT2D eigenvalue weighted by atomic mass is 28.4. The minimum atomic E-state index is -1.90. The number of hydrogen-bond donors (Lipinski definition) is 0. The van der Waals surface area contributed by atoms with Crippen molar-refractivity contribution in [3.05, 3.63) is 0 Å². The van der Waals surface area contributed by atoms with E-state index >= 15 is 0 Å². The minimum Gasteiger partial charge on any atom is -0.413 e. The van der Waals surface area contributed by atoms with Crippen LogP contribution in [0.4, 0.5) is 0 Å². The van der Waals surface area contributed by atoms with Crippen LogP contribution in [0.25, 0.3) is 0 Å². The number of Topliss-reactive ketones (excluding diaryl/α,β-unsaturated/α-hetero) is 1. The summed E-state index contributed by atoms with van der Waals surface area (Å²) < 4.78 is 19.3. The summed E-state index contributed by atoms with van der Waals surface area (Å²) in [6.45, 7) is 16.4. The lowest BCUT2D eigenvalue weighted by Crippen LogP contribution is -2.54. The predicted octanol–water partition coefficient (Wildman–Crippen LogP) is 5.85. The molecule has 0 N–H and O–H groups in total. The largest absolute Gasteiger partial charge is 0.413 e. The van der Waals surface area contributed by atoms with Gasteiger partial charge in [-0.05, 0) is 63.6 Å². The molecular weight excluding hydrogens is 368 g/mol. The smallest absolute Gasteiger partial charge is 0.192 e. The van der Waals surface area contributed by atoms with Crippen LogP contribution in [0.1, 0.15) is 86.0 Å². The summed E-state index contributed by atoms with van der Waals surface area (Å²) in [5.74, 6) is 0.373. The van der Waals surface area contributed by atoms with E-state index in [0.717, 1.165) is 32.1 Å². The van der Waals surface area contributed by atoms with Gasteiger partial charge in [0.1, 0.15) is 5.78 Å². The Bertz CT molecular complexity index is 580. The van der Waals surface area contributed by atoms with Crippen molar-refractivity contribution in [2.24, 2.45) is 11.3 Å². The average molecular weight is 411 g/mol. The fourth-order valence-corrected chi connectivity index (χ4v) is 6.79. The molecule has 4 nitrogen and oxygen atoms in total. The fourth-order valence-electron chi connectivity index (χ4n) is 5.37. The Kier molecular flexibility index (Phi) is 6.25. The van der Waals surface area contributed by atoms with Gasteiger partial charge in [0.25, 0.3) is 0 Å². The summed E-state index contributed by atoms with van der Waals surface area (Å²) in [5, 5.41) is 0.190. The number of carbonyl (C=O) groups excluding carboxylic acids is 1. The maximum Gasteiger partial charge on any atom is 0.192 e. The van der Waals surface area contributed by atoms with Crippen molar-refractivity contribution in [2.75, 3.05) is 6.61 Å². The molecule has 0 bridgehead atoms. The maximum atomic E-state index is 12.4. The second kappa shape index (κ2) is 7.79. The Morgan fingerprint density at radius 1 is 1.18 bits per heavy atom. The Morgan fingerprint density at radius 2 is 1.86 bits per heavy atom. The number of hydrogen-bond acceptors (Lipinski definition) is 4. The Hall–Kier alpha value is -0.233. The van der Waals surface area contributed by atoms with Crippen LogP contribution in [0.5, 0.6) is 0 Å². The van der Waals surface area contributed by atoms with Gasteiger partial charge in [0.15, 0.2) is 14.1 Å². The summed E-state index contributed by atoms with van der Waals surface area (Å²) in [7, 11) is -1.90. The third kappa shape index (κ3) is 4.58. The number of fused-ring (bicyclic) bond motifs is 1. The summed E-state index contributed by atoms with van der Waals surface area (Å²) in [4.78, 5) is 12.4. The van der Waals surface area contributed by atoms with E-state index in [0.29, 0.717) is 24.7 Å². The zero-order valence-electron chi connectivity index (χ0n) is 19.2. The fraction of sp³-hybridized carbons (Fsp3) is 0.957. The van der Waals surface area contributed by atoms with Crippen LogP contribution in [0.2, 0.25) is 18.1 Å². The van der Waals surface area contributed by atoms with E-state index in [4.69, 9.17) is 13.9 Å². The second-order valence-electron chi connectivity index (χ2n) is 11.5. The standard InChI is InChI=1S/C23H42O4Si/c1-21(2,3)28(6,7)27-20-11-9-8-10-17-14-18(24)12-13-23(17,20)15-19-16-25-22(4,5)26-19/h17,19-20H,8-16H2,1-7H3/t17-,19-,20-,23+/m0/s1. The number of ether oxygens (including phenoxy) is 2. The van der Waals surface area contributed by atoms with E-state index in [9.17, 15) is 4.79 Å². The van der Waals surface area contributed by atoms with E-state index in [2.05, 4.69) is 33.9 Å². The molecule has 0 aromatic heterocycles. The van der Waals surface area contributed by atoms with Gasteiger partial charge in [-0.15, -0.1) is 0 Å². The van der Waals surface area contributed by atoms with Crippen molar-refractivity contribution < 1.29 is 18.7 Å². The van der Waals surface area contributed by atoms with Crippen molar-refractivity contribution in [1.82, 2.24) is 0 Å². The van der Waals surface area contributed by atoms with Crippen LogP contribution >= 0.6 is 0 Å².